The quantitative estimate of drug-likeness (QED) is 0.369. The van der Waals surface area contributed by atoms with E-state index in [0.717, 1.165) is 5.56 Å². The van der Waals surface area contributed by atoms with E-state index in [2.05, 4.69) is 10.1 Å². The van der Waals surface area contributed by atoms with Gasteiger partial charge in [-0.05, 0) is 48.7 Å². The monoisotopic (exact) mass is 465 g/mol. The minimum atomic E-state index is -0.354. The first-order chi connectivity index (χ1) is 16.6. The number of halogens is 1. The number of likely N-dealkylation sites (tertiary alicyclic amines) is 1. The molecule has 3 aromatic rings. The van der Waals surface area contributed by atoms with Gasteiger partial charge in [0.25, 0.3) is 5.89 Å². The molecule has 1 saturated heterocycles. The standard InChI is InChI=1S/C25H24FN3O5/c26-20-7-9-21(10-8-20)32-16-22-27-23(34-28-22)17-33-25(31)19-12-14-29(15-13-19)24(30)11-6-18-4-2-1-3-5-18/h1-11,19H,12-17H2/b11-6+. The van der Waals surface area contributed by atoms with E-state index in [1.807, 2.05) is 30.3 Å². The van der Waals surface area contributed by atoms with E-state index in [0.29, 0.717) is 31.7 Å². The van der Waals surface area contributed by atoms with Crippen LogP contribution < -0.4 is 4.74 Å². The molecule has 1 fully saturated rings. The van der Waals surface area contributed by atoms with E-state index in [1.165, 1.54) is 24.3 Å². The molecular formula is C25H24FN3O5. The van der Waals surface area contributed by atoms with Crippen molar-refractivity contribution in [3.05, 3.63) is 83.8 Å². The third kappa shape index (κ3) is 6.50. The number of carbonyl (C=O) groups excluding carboxylic acids is 2. The van der Waals surface area contributed by atoms with Gasteiger partial charge in [-0.15, -0.1) is 0 Å². The molecule has 0 spiro atoms. The lowest BCUT2D eigenvalue weighted by molar-refractivity contribution is -0.153. The van der Waals surface area contributed by atoms with Crippen LogP contribution in [0.2, 0.25) is 0 Å². The molecule has 1 aliphatic rings. The second kappa shape index (κ2) is 11.2. The Bertz CT molecular complexity index is 1120. The number of nitrogens with zero attached hydrogens (tertiary/aromatic N) is 3. The predicted octanol–water partition coefficient (Wildman–Crippen LogP) is 3.78. The smallest absolute Gasteiger partial charge is 0.309 e. The van der Waals surface area contributed by atoms with Gasteiger partial charge in [-0.2, -0.15) is 4.98 Å². The van der Waals surface area contributed by atoms with Crippen molar-refractivity contribution < 1.29 is 28.0 Å². The first kappa shape index (κ1) is 23.2. The van der Waals surface area contributed by atoms with Gasteiger partial charge in [-0.25, -0.2) is 4.39 Å². The molecule has 2 heterocycles. The Balaban J connectivity index is 1.18. The highest BCUT2D eigenvalue weighted by molar-refractivity contribution is 5.92. The van der Waals surface area contributed by atoms with Gasteiger partial charge in [-0.3, -0.25) is 9.59 Å². The number of piperidine rings is 1. The van der Waals surface area contributed by atoms with Crippen LogP contribution in [0.3, 0.4) is 0 Å². The number of hydrogen-bond acceptors (Lipinski definition) is 7. The zero-order chi connectivity index (χ0) is 23.8. The largest absolute Gasteiger partial charge is 0.485 e. The Morgan fingerprint density at radius 2 is 1.79 bits per heavy atom. The first-order valence-corrected chi connectivity index (χ1v) is 11.0. The minimum absolute atomic E-state index is 0.0360. The SMILES string of the molecule is O=C(OCc1nc(COc2ccc(F)cc2)no1)C1CCN(C(=O)/C=C/c2ccccc2)CC1. The van der Waals surface area contributed by atoms with E-state index in [-0.39, 0.29) is 48.5 Å². The summed E-state index contributed by atoms with van der Waals surface area (Å²) >= 11 is 0. The average Bonchev–Trinajstić information content (AvgIpc) is 3.34. The molecule has 9 heteroatoms. The zero-order valence-corrected chi connectivity index (χ0v) is 18.4. The Morgan fingerprint density at radius 3 is 2.53 bits per heavy atom. The fraction of sp³-hybridized carbons (Fsp3) is 0.280. The number of hydrogen-bond donors (Lipinski definition) is 0. The lowest BCUT2D eigenvalue weighted by Gasteiger charge is -2.30. The summed E-state index contributed by atoms with van der Waals surface area (Å²) in [5, 5.41) is 3.78. The van der Waals surface area contributed by atoms with Gasteiger partial charge < -0.3 is 18.9 Å². The van der Waals surface area contributed by atoms with Crippen LogP contribution in [-0.2, 0) is 27.5 Å². The third-order valence-electron chi connectivity index (χ3n) is 5.39. The van der Waals surface area contributed by atoms with E-state index in [1.54, 1.807) is 17.1 Å². The summed E-state index contributed by atoms with van der Waals surface area (Å²) in [4.78, 5) is 30.7. The fourth-order valence-corrected chi connectivity index (χ4v) is 3.51. The number of carbonyl (C=O) groups is 2. The maximum absolute atomic E-state index is 12.9. The Hall–Kier alpha value is -4.01. The molecule has 4 rings (SSSR count). The van der Waals surface area contributed by atoms with Crippen molar-refractivity contribution in [2.45, 2.75) is 26.1 Å². The number of rotatable bonds is 8. The van der Waals surface area contributed by atoms with E-state index in [4.69, 9.17) is 14.0 Å². The van der Waals surface area contributed by atoms with Gasteiger partial charge in [0, 0.05) is 19.2 Å². The van der Waals surface area contributed by atoms with Crippen molar-refractivity contribution in [2.75, 3.05) is 13.1 Å². The molecule has 1 aliphatic heterocycles. The molecule has 8 nitrogen and oxygen atoms in total. The van der Waals surface area contributed by atoms with Gasteiger partial charge in [0.2, 0.25) is 11.7 Å². The second-order valence-corrected chi connectivity index (χ2v) is 7.80. The van der Waals surface area contributed by atoms with Crippen molar-refractivity contribution in [2.24, 2.45) is 5.92 Å². The topological polar surface area (TPSA) is 94.8 Å². The Morgan fingerprint density at radius 1 is 1.06 bits per heavy atom. The lowest BCUT2D eigenvalue weighted by Crippen LogP contribution is -2.39. The fourth-order valence-electron chi connectivity index (χ4n) is 3.51. The predicted molar refractivity (Wildman–Crippen MR) is 120 cm³/mol. The zero-order valence-electron chi connectivity index (χ0n) is 18.4. The molecule has 0 radical (unpaired) electrons. The van der Waals surface area contributed by atoms with Gasteiger partial charge in [0.05, 0.1) is 5.92 Å². The van der Waals surface area contributed by atoms with E-state index in [9.17, 15) is 14.0 Å². The van der Waals surface area contributed by atoms with Gasteiger partial charge >= 0.3 is 5.97 Å². The number of aromatic nitrogens is 2. The maximum atomic E-state index is 12.9. The van der Waals surface area contributed by atoms with Crippen LogP contribution in [0.25, 0.3) is 6.08 Å². The van der Waals surface area contributed by atoms with Gasteiger partial charge in [0.15, 0.2) is 13.2 Å². The first-order valence-electron chi connectivity index (χ1n) is 11.0. The molecule has 0 bridgehead atoms. The molecule has 1 amide bonds. The molecule has 0 N–H and O–H groups in total. The lowest BCUT2D eigenvalue weighted by atomic mass is 9.97. The van der Waals surface area contributed by atoms with Crippen LogP contribution in [0.15, 0.2) is 65.2 Å². The highest BCUT2D eigenvalue weighted by atomic mass is 19.1. The van der Waals surface area contributed by atoms with Crippen molar-refractivity contribution in [1.29, 1.82) is 0 Å². The summed E-state index contributed by atoms with van der Waals surface area (Å²) in [5.41, 5.74) is 0.959. The van der Waals surface area contributed by atoms with Crippen molar-refractivity contribution >= 4 is 18.0 Å². The van der Waals surface area contributed by atoms with E-state index < -0.39 is 0 Å². The van der Waals surface area contributed by atoms with Crippen LogP contribution in [0.5, 0.6) is 5.75 Å². The summed E-state index contributed by atoms with van der Waals surface area (Å²) in [6.07, 6.45) is 4.40. The molecule has 0 saturated carbocycles. The maximum Gasteiger partial charge on any atom is 0.309 e. The average molecular weight is 465 g/mol. The number of ether oxygens (including phenoxy) is 2. The van der Waals surface area contributed by atoms with Crippen LogP contribution in [0, 0.1) is 11.7 Å². The third-order valence-corrected chi connectivity index (χ3v) is 5.39. The second-order valence-electron chi connectivity index (χ2n) is 7.80. The molecule has 176 valence electrons. The van der Waals surface area contributed by atoms with Gasteiger partial charge in [-0.1, -0.05) is 35.5 Å². The summed E-state index contributed by atoms with van der Waals surface area (Å²) in [7, 11) is 0. The number of benzene rings is 2. The highest BCUT2D eigenvalue weighted by Gasteiger charge is 2.28. The molecule has 2 aromatic carbocycles. The van der Waals surface area contributed by atoms with Crippen LogP contribution in [0.4, 0.5) is 4.39 Å². The summed E-state index contributed by atoms with van der Waals surface area (Å²) in [6, 6.07) is 15.2. The summed E-state index contributed by atoms with van der Waals surface area (Å²) in [6.45, 7) is 0.877. The number of esters is 1. The Kier molecular flexibility index (Phi) is 7.64. The normalized spacial score (nSPS) is 14.3. The van der Waals surface area contributed by atoms with Crippen LogP contribution in [0.1, 0.15) is 30.1 Å². The molecular weight excluding hydrogens is 441 g/mol. The summed E-state index contributed by atoms with van der Waals surface area (Å²) < 4.78 is 28.8. The molecule has 34 heavy (non-hydrogen) atoms. The van der Waals surface area contributed by atoms with E-state index >= 15 is 0 Å². The van der Waals surface area contributed by atoms with Crippen LogP contribution >= 0.6 is 0 Å². The summed E-state index contributed by atoms with van der Waals surface area (Å²) in [5.74, 6) is -0.152. The molecule has 1 aromatic heterocycles. The van der Waals surface area contributed by atoms with Crippen LogP contribution in [-0.4, -0.2) is 40.0 Å². The Labute approximate surface area is 196 Å². The highest BCUT2D eigenvalue weighted by Crippen LogP contribution is 2.20. The van der Waals surface area contributed by atoms with Gasteiger partial charge in [0.1, 0.15) is 11.6 Å². The molecule has 0 atom stereocenters. The molecule has 0 unspecified atom stereocenters. The van der Waals surface area contributed by atoms with Crippen molar-refractivity contribution in [3.8, 4) is 5.75 Å². The van der Waals surface area contributed by atoms with Crippen molar-refractivity contribution in [3.63, 3.8) is 0 Å². The minimum Gasteiger partial charge on any atom is -0.485 e. The van der Waals surface area contributed by atoms with Crippen molar-refractivity contribution in [1.82, 2.24) is 15.0 Å². The number of amides is 1. The molecule has 0 aliphatic carbocycles.